The first-order chi connectivity index (χ1) is 14.6. The topological polar surface area (TPSA) is 36.7 Å². The van der Waals surface area contributed by atoms with Gasteiger partial charge in [0.25, 0.3) is 0 Å². The summed E-state index contributed by atoms with van der Waals surface area (Å²) in [6, 6.07) is 4.67. The van der Waals surface area contributed by atoms with E-state index in [0.717, 1.165) is 5.92 Å². The lowest BCUT2D eigenvalue weighted by atomic mass is 10.0. The Labute approximate surface area is 191 Å². The summed E-state index contributed by atoms with van der Waals surface area (Å²) in [5, 5.41) is 8.36. The number of nitrogens with one attached hydrogen (secondary N) is 1. The molecule has 1 saturated carbocycles. The second kappa shape index (κ2) is 23.1. The van der Waals surface area contributed by atoms with Crippen LogP contribution >= 0.6 is 11.3 Å². The van der Waals surface area contributed by atoms with E-state index in [9.17, 15) is 0 Å². The van der Waals surface area contributed by atoms with E-state index in [2.05, 4.69) is 55.8 Å². The standard InChI is InChI=1S/C16H19NS.C3H6.C2H5N.2C2H6.C2H2/c1-3-11(2)16-7-15(10-18-16)14-6-13(8-17-9-14)12-4-5-12;1-3-2;1-2-3;3*1-2/h6-12H,3-5H2,1-2H3;3H,1H2,2H3;2-3H,1H3;2*1-2H3;1-2H. The monoisotopic (exact) mass is 428 g/mol. The van der Waals surface area contributed by atoms with Crippen molar-refractivity contribution in [2.45, 2.75) is 86.5 Å². The van der Waals surface area contributed by atoms with Gasteiger partial charge in [-0.1, -0.05) is 47.6 Å². The zero-order valence-corrected chi connectivity index (χ0v) is 21.4. The number of aromatic nitrogens is 1. The molecule has 1 unspecified atom stereocenters. The highest BCUT2D eigenvalue weighted by molar-refractivity contribution is 7.10. The lowest BCUT2D eigenvalue weighted by molar-refractivity contribution is 0.748. The normalized spacial score (nSPS) is 11.4. The number of allylic oxidation sites excluding steroid dienone is 1. The fourth-order valence-electron chi connectivity index (χ4n) is 2.22. The quantitative estimate of drug-likeness (QED) is 0.294. The molecule has 1 aliphatic rings. The molecule has 0 aromatic carbocycles. The Kier molecular flexibility index (Phi) is 25.0. The van der Waals surface area contributed by atoms with Gasteiger partial charge in [-0.2, -0.15) is 0 Å². The van der Waals surface area contributed by atoms with Gasteiger partial charge < -0.3 is 5.41 Å². The van der Waals surface area contributed by atoms with Crippen LogP contribution in [0.4, 0.5) is 0 Å². The number of rotatable bonds is 4. The largest absolute Gasteiger partial charge is 0.313 e. The fourth-order valence-corrected chi connectivity index (χ4v) is 3.28. The van der Waals surface area contributed by atoms with Crippen LogP contribution < -0.4 is 0 Å². The van der Waals surface area contributed by atoms with E-state index in [0.29, 0.717) is 5.92 Å². The minimum Gasteiger partial charge on any atom is -0.313 e. The third-order valence-electron chi connectivity index (χ3n) is 3.86. The van der Waals surface area contributed by atoms with Crippen molar-refractivity contribution >= 4 is 17.6 Å². The lowest BCUT2D eigenvalue weighted by Gasteiger charge is -2.04. The zero-order valence-electron chi connectivity index (χ0n) is 20.5. The van der Waals surface area contributed by atoms with Crippen molar-refractivity contribution in [1.82, 2.24) is 4.98 Å². The summed E-state index contributed by atoms with van der Waals surface area (Å²) in [6.07, 6.45) is 18.9. The van der Waals surface area contributed by atoms with E-state index in [1.165, 1.54) is 47.0 Å². The van der Waals surface area contributed by atoms with E-state index >= 15 is 0 Å². The van der Waals surface area contributed by atoms with Crippen molar-refractivity contribution in [1.29, 1.82) is 5.41 Å². The Hall–Kier alpha value is -2.18. The van der Waals surface area contributed by atoms with Crippen LogP contribution in [0.15, 0.2) is 42.6 Å². The van der Waals surface area contributed by atoms with Crippen molar-refractivity contribution < 1.29 is 0 Å². The summed E-state index contributed by atoms with van der Waals surface area (Å²) < 4.78 is 0. The number of thiophene rings is 1. The maximum Gasteiger partial charge on any atom is 0.0346 e. The molecule has 3 rings (SSSR count). The molecule has 0 aliphatic heterocycles. The number of pyridine rings is 1. The second-order valence-corrected chi connectivity index (χ2v) is 6.97. The van der Waals surface area contributed by atoms with Gasteiger partial charge in [0.05, 0.1) is 0 Å². The van der Waals surface area contributed by atoms with E-state index in [1.54, 1.807) is 13.0 Å². The van der Waals surface area contributed by atoms with E-state index in [1.807, 2.05) is 58.3 Å². The average molecular weight is 429 g/mol. The van der Waals surface area contributed by atoms with Crippen LogP contribution in [0.25, 0.3) is 11.1 Å². The Morgan fingerprint density at radius 1 is 1.13 bits per heavy atom. The van der Waals surface area contributed by atoms with Gasteiger partial charge in [0.2, 0.25) is 0 Å². The van der Waals surface area contributed by atoms with E-state index < -0.39 is 0 Å². The van der Waals surface area contributed by atoms with Gasteiger partial charge in [0.1, 0.15) is 0 Å². The van der Waals surface area contributed by atoms with Crippen LogP contribution in [-0.2, 0) is 0 Å². The highest BCUT2D eigenvalue weighted by Gasteiger charge is 2.24. The highest BCUT2D eigenvalue weighted by atomic mass is 32.1. The van der Waals surface area contributed by atoms with Crippen LogP contribution in [0, 0.1) is 18.3 Å². The summed E-state index contributed by atoms with van der Waals surface area (Å²) in [5.41, 5.74) is 4.04. The van der Waals surface area contributed by atoms with Crippen molar-refractivity contribution in [2.75, 3.05) is 0 Å². The average Bonchev–Trinajstić information content (AvgIpc) is 3.55. The van der Waals surface area contributed by atoms with Gasteiger partial charge in [-0.05, 0) is 79.8 Å². The molecule has 1 N–H and O–H groups in total. The smallest absolute Gasteiger partial charge is 0.0346 e. The van der Waals surface area contributed by atoms with Crippen molar-refractivity contribution in [2.24, 2.45) is 0 Å². The van der Waals surface area contributed by atoms with Crippen LogP contribution in [0.2, 0.25) is 0 Å². The maximum atomic E-state index is 6.08. The number of hydrogen-bond acceptors (Lipinski definition) is 3. The van der Waals surface area contributed by atoms with Gasteiger partial charge in [-0.25, -0.2) is 0 Å². The highest BCUT2D eigenvalue weighted by Crippen LogP contribution is 2.41. The molecule has 2 aromatic heterocycles. The summed E-state index contributed by atoms with van der Waals surface area (Å²) in [6.45, 7) is 19.5. The molecule has 0 bridgehead atoms. The Bertz CT molecular complexity index is 660. The summed E-state index contributed by atoms with van der Waals surface area (Å²) in [5.74, 6) is 1.45. The zero-order chi connectivity index (χ0) is 23.9. The Morgan fingerprint density at radius 3 is 2.07 bits per heavy atom. The maximum absolute atomic E-state index is 6.08. The van der Waals surface area contributed by atoms with Gasteiger partial charge in [0.15, 0.2) is 0 Å². The van der Waals surface area contributed by atoms with Crippen LogP contribution in [0.5, 0.6) is 0 Å². The summed E-state index contributed by atoms with van der Waals surface area (Å²) >= 11 is 1.88. The van der Waals surface area contributed by atoms with Crippen molar-refractivity contribution in [3.05, 3.63) is 53.0 Å². The Morgan fingerprint density at radius 2 is 1.63 bits per heavy atom. The van der Waals surface area contributed by atoms with Gasteiger partial charge in [0, 0.05) is 22.8 Å². The van der Waals surface area contributed by atoms with Gasteiger partial charge >= 0.3 is 0 Å². The minimum atomic E-state index is 0.670. The number of nitrogens with zero attached hydrogens (tertiary/aromatic N) is 1. The molecule has 3 heteroatoms. The molecule has 1 aliphatic carbocycles. The first kappa shape index (κ1) is 32.5. The molecular formula is C27H44N2S. The summed E-state index contributed by atoms with van der Waals surface area (Å²) in [7, 11) is 0. The molecule has 30 heavy (non-hydrogen) atoms. The third kappa shape index (κ3) is 13.9. The molecule has 2 heterocycles. The number of terminal acetylenes is 1. The van der Waals surface area contributed by atoms with Crippen molar-refractivity contribution in [3.63, 3.8) is 0 Å². The Balaban J connectivity index is -0.000000519. The third-order valence-corrected chi connectivity index (χ3v) is 5.02. The molecule has 2 nitrogen and oxygen atoms in total. The first-order valence-electron chi connectivity index (χ1n) is 11.0. The van der Waals surface area contributed by atoms with E-state index in [-0.39, 0.29) is 0 Å². The minimum absolute atomic E-state index is 0.670. The number of hydrogen-bond donors (Lipinski definition) is 1. The van der Waals surface area contributed by atoms with E-state index in [4.69, 9.17) is 5.41 Å². The molecule has 168 valence electrons. The molecule has 0 amide bonds. The molecule has 0 saturated heterocycles. The molecule has 1 atom stereocenters. The molecule has 2 aromatic rings. The molecule has 0 spiro atoms. The SMILES string of the molecule is C#C.C=CC.CC.CC.CC=N.CCC(C)c1cc(-c2cncc(C3CC3)c2)cs1. The predicted octanol–water partition coefficient (Wildman–Crippen LogP) is 9.35. The molecule has 1 fully saturated rings. The first-order valence-corrected chi connectivity index (χ1v) is 11.9. The van der Waals surface area contributed by atoms with Gasteiger partial charge in [-0.3, -0.25) is 4.98 Å². The van der Waals surface area contributed by atoms with Gasteiger partial charge in [-0.15, -0.1) is 30.8 Å². The second-order valence-electron chi connectivity index (χ2n) is 6.03. The van der Waals surface area contributed by atoms with Crippen LogP contribution in [-0.4, -0.2) is 11.2 Å². The lowest BCUT2D eigenvalue weighted by Crippen LogP contribution is -1.86. The fraction of sp³-hybridized carbons (Fsp3) is 0.481. The summed E-state index contributed by atoms with van der Waals surface area (Å²) in [4.78, 5) is 5.89. The molecular weight excluding hydrogens is 384 g/mol. The predicted molar refractivity (Wildman–Crippen MR) is 141 cm³/mol. The van der Waals surface area contributed by atoms with Crippen molar-refractivity contribution in [3.8, 4) is 24.0 Å². The van der Waals surface area contributed by atoms with Crippen LogP contribution in [0.1, 0.15) is 96.9 Å². The van der Waals surface area contributed by atoms with Crippen LogP contribution in [0.3, 0.4) is 0 Å². The molecule has 0 radical (unpaired) electrons.